The molecule has 0 amide bonds. The van der Waals surface area contributed by atoms with E-state index in [4.69, 9.17) is 11.1 Å². The summed E-state index contributed by atoms with van der Waals surface area (Å²) in [6.07, 6.45) is 1.79. The zero-order valence-electron chi connectivity index (χ0n) is 16.0. The number of sulfonamides is 1. The number of halogens is 1. The van der Waals surface area contributed by atoms with Gasteiger partial charge in [0, 0.05) is 4.47 Å². The van der Waals surface area contributed by atoms with Crippen molar-refractivity contribution in [3.05, 3.63) is 69.5 Å². The van der Waals surface area contributed by atoms with Gasteiger partial charge in [0.2, 0.25) is 0 Å². The van der Waals surface area contributed by atoms with Gasteiger partial charge in [-0.05, 0) is 49.1 Å². The van der Waals surface area contributed by atoms with E-state index in [0.29, 0.717) is 19.1 Å². The second-order valence-corrected chi connectivity index (χ2v) is 13.2. The minimum atomic E-state index is -4.25. The molecular formula is C19H18BrN3O3S4. The van der Waals surface area contributed by atoms with Crippen molar-refractivity contribution in [2.24, 2.45) is 9.50 Å². The number of benzene rings is 2. The lowest BCUT2D eigenvalue weighted by Crippen LogP contribution is -2.10. The van der Waals surface area contributed by atoms with Crippen LogP contribution in [0.25, 0.3) is 0 Å². The molecule has 0 aliphatic heterocycles. The van der Waals surface area contributed by atoms with Crippen LogP contribution in [0.15, 0.2) is 81.7 Å². The van der Waals surface area contributed by atoms with E-state index >= 15 is 0 Å². The Kier molecular flexibility index (Phi) is 6.78. The molecule has 0 saturated carbocycles. The van der Waals surface area contributed by atoms with Gasteiger partial charge in [0.15, 0.2) is 0 Å². The molecule has 2 aromatic carbocycles. The normalized spacial score (nSPS) is 13.6. The number of thiophene rings is 1. The zero-order valence-corrected chi connectivity index (χ0v) is 20.8. The number of nitrogens with two attached hydrogens (primary N) is 1. The molecule has 0 bridgehead atoms. The fourth-order valence-electron chi connectivity index (χ4n) is 2.70. The van der Waals surface area contributed by atoms with Crippen molar-refractivity contribution in [2.45, 2.75) is 25.8 Å². The molecule has 6 nitrogen and oxygen atoms in total. The van der Waals surface area contributed by atoms with Crippen LogP contribution in [0, 0.1) is 12.3 Å². The molecule has 3 aromatic rings. The lowest BCUT2D eigenvalue weighted by atomic mass is 10.2. The van der Waals surface area contributed by atoms with Gasteiger partial charge >= 0.3 is 0 Å². The van der Waals surface area contributed by atoms with E-state index in [1.54, 1.807) is 55.6 Å². The number of nitrogen functional groups attached to an aromatic ring is 1. The van der Waals surface area contributed by atoms with Crippen molar-refractivity contribution < 1.29 is 12.6 Å². The maximum absolute atomic E-state index is 14.4. The average Bonchev–Trinajstić information content (AvgIpc) is 3.13. The number of hydrogen-bond donors (Lipinski definition) is 2. The SMILES string of the molecule is CSc1sc(C(=N)N)cc1S(=O)(=NS(=O)(=O)c1ccccc1C)c1cccc(Br)c1. The minimum Gasteiger partial charge on any atom is -0.383 e. The van der Waals surface area contributed by atoms with Gasteiger partial charge in [-0.1, -0.05) is 44.0 Å². The highest BCUT2D eigenvalue weighted by atomic mass is 79.9. The lowest BCUT2D eigenvalue weighted by molar-refractivity contribution is 0.597. The first kappa shape index (κ1) is 23.0. The molecule has 158 valence electrons. The third-order valence-corrected chi connectivity index (χ3v) is 11.6. The maximum atomic E-state index is 14.4. The number of nitrogens with zero attached hydrogens (tertiary/aromatic N) is 1. The summed E-state index contributed by atoms with van der Waals surface area (Å²) in [5, 5.41) is 7.74. The van der Waals surface area contributed by atoms with Crippen LogP contribution in [0.1, 0.15) is 10.4 Å². The molecule has 11 heteroatoms. The van der Waals surface area contributed by atoms with Crippen molar-refractivity contribution in [1.29, 1.82) is 5.41 Å². The Morgan fingerprint density at radius 1 is 1.10 bits per heavy atom. The second kappa shape index (κ2) is 8.83. The van der Waals surface area contributed by atoms with Crippen molar-refractivity contribution in [3.8, 4) is 0 Å². The third kappa shape index (κ3) is 4.50. The highest BCUT2D eigenvalue weighted by molar-refractivity contribution is 9.10. The summed E-state index contributed by atoms with van der Waals surface area (Å²) in [5.74, 6) is -0.181. The highest BCUT2D eigenvalue weighted by Gasteiger charge is 2.28. The number of amidine groups is 1. The quantitative estimate of drug-likeness (QED) is 0.255. The van der Waals surface area contributed by atoms with Crippen LogP contribution in [-0.4, -0.2) is 24.7 Å². The van der Waals surface area contributed by atoms with Crippen LogP contribution in [0.2, 0.25) is 0 Å². The summed E-state index contributed by atoms with van der Waals surface area (Å²) in [7, 11) is -7.85. The number of aryl methyl sites for hydroxylation is 1. The smallest absolute Gasteiger partial charge is 0.290 e. The van der Waals surface area contributed by atoms with Crippen LogP contribution >= 0.6 is 39.0 Å². The van der Waals surface area contributed by atoms with Gasteiger partial charge < -0.3 is 5.73 Å². The second-order valence-electron chi connectivity index (χ2n) is 6.18. The molecule has 30 heavy (non-hydrogen) atoms. The fraction of sp³-hybridized carbons (Fsp3) is 0.105. The summed E-state index contributed by atoms with van der Waals surface area (Å²) >= 11 is 5.84. The van der Waals surface area contributed by atoms with E-state index in [1.807, 2.05) is 0 Å². The van der Waals surface area contributed by atoms with Gasteiger partial charge in [0.1, 0.15) is 15.6 Å². The molecule has 1 unspecified atom stereocenters. The first-order valence-electron chi connectivity index (χ1n) is 8.45. The van der Waals surface area contributed by atoms with Crippen molar-refractivity contribution in [3.63, 3.8) is 0 Å². The molecule has 3 N–H and O–H groups in total. The van der Waals surface area contributed by atoms with Crippen molar-refractivity contribution in [1.82, 2.24) is 0 Å². The maximum Gasteiger partial charge on any atom is 0.290 e. The van der Waals surface area contributed by atoms with Crippen LogP contribution in [0.3, 0.4) is 0 Å². The number of thioether (sulfide) groups is 1. The summed E-state index contributed by atoms with van der Waals surface area (Å²) in [6.45, 7) is 1.66. The Bertz CT molecular complexity index is 1360. The monoisotopic (exact) mass is 543 g/mol. The van der Waals surface area contributed by atoms with Gasteiger partial charge in [-0.3, -0.25) is 5.41 Å². The average molecular weight is 545 g/mol. The molecule has 0 spiro atoms. The van der Waals surface area contributed by atoms with E-state index in [1.165, 1.54) is 35.2 Å². The summed E-state index contributed by atoms with van der Waals surface area (Å²) in [6, 6.07) is 14.5. The minimum absolute atomic E-state index is 0.000411. The lowest BCUT2D eigenvalue weighted by Gasteiger charge is -2.12. The molecule has 1 atom stereocenters. The van der Waals surface area contributed by atoms with E-state index in [9.17, 15) is 12.6 Å². The van der Waals surface area contributed by atoms with E-state index in [2.05, 4.69) is 19.7 Å². The van der Waals surface area contributed by atoms with Crippen LogP contribution in [0.4, 0.5) is 0 Å². The first-order chi connectivity index (χ1) is 14.1. The van der Waals surface area contributed by atoms with Gasteiger partial charge in [-0.25, -0.2) is 4.21 Å². The Morgan fingerprint density at radius 2 is 1.80 bits per heavy atom. The third-order valence-electron chi connectivity index (χ3n) is 4.11. The van der Waals surface area contributed by atoms with Gasteiger partial charge in [0.25, 0.3) is 10.0 Å². The molecule has 0 aliphatic rings. The largest absolute Gasteiger partial charge is 0.383 e. The van der Waals surface area contributed by atoms with Crippen LogP contribution in [-0.2, 0) is 19.8 Å². The molecule has 1 aromatic heterocycles. The summed E-state index contributed by atoms with van der Waals surface area (Å²) < 4.78 is 46.0. The summed E-state index contributed by atoms with van der Waals surface area (Å²) in [5.41, 5.74) is 6.14. The first-order valence-corrected chi connectivity index (χ1v) is 14.2. The standard InChI is InChI=1S/C19H18BrN3O3S4/c1-12-6-3-4-9-16(12)30(25,26)23-29(24,14-8-5-7-13(20)10-14)17-11-15(18(21)22)28-19(17)27-2/h3-11H,1-2H3,(H3,21,22). The molecule has 0 fully saturated rings. The van der Waals surface area contributed by atoms with E-state index in [0.717, 1.165) is 0 Å². The fourth-order valence-corrected chi connectivity index (χ4v) is 10.0. The zero-order chi connectivity index (χ0) is 22.1. The Labute approximate surface area is 192 Å². The van der Waals surface area contributed by atoms with Crippen LogP contribution in [0.5, 0.6) is 0 Å². The van der Waals surface area contributed by atoms with Crippen molar-refractivity contribution >= 4 is 64.6 Å². The Balaban J connectivity index is 2.41. The Morgan fingerprint density at radius 3 is 2.40 bits per heavy atom. The Hall–Kier alpha value is -1.66. The molecule has 1 heterocycles. The molecule has 0 aliphatic carbocycles. The number of rotatable bonds is 6. The van der Waals surface area contributed by atoms with E-state index in [-0.39, 0.29) is 20.5 Å². The van der Waals surface area contributed by atoms with Crippen molar-refractivity contribution in [2.75, 3.05) is 6.26 Å². The molecule has 0 saturated heterocycles. The molecule has 3 rings (SSSR count). The predicted octanol–water partition coefficient (Wildman–Crippen LogP) is 5.10. The predicted molar refractivity (Wildman–Crippen MR) is 127 cm³/mol. The summed E-state index contributed by atoms with van der Waals surface area (Å²) in [4.78, 5) is 0.888. The van der Waals surface area contributed by atoms with E-state index < -0.39 is 19.8 Å². The molecule has 0 radical (unpaired) electrons. The highest BCUT2D eigenvalue weighted by Crippen LogP contribution is 2.39. The topological polar surface area (TPSA) is 113 Å². The number of nitrogens with one attached hydrogen (secondary N) is 1. The van der Waals surface area contributed by atoms with Gasteiger partial charge in [-0.2, -0.15) is 8.42 Å². The van der Waals surface area contributed by atoms with Crippen LogP contribution < -0.4 is 5.73 Å². The molecular weight excluding hydrogens is 526 g/mol. The van der Waals surface area contributed by atoms with Gasteiger partial charge in [0.05, 0.1) is 23.8 Å². The van der Waals surface area contributed by atoms with Gasteiger partial charge in [-0.15, -0.1) is 23.1 Å². The number of hydrogen-bond acceptors (Lipinski definition) is 6.